The van der Waals surface area contributed by atoms with Crippen LogP contribution < -0.4 is 5.32 Å². The number of hydrogen-bond donors (Lipinski definition) is 1. The molecule has 1 amide bonds. The van der Waals surface area contributed by atoms with Crippen LogP contribution in [0.5, 0.6) is 0 Å². The molecule has 0 saturated heterocycles. The summed E-state index contributed by atoms with van der Waals surface area (Å²) < 4.78 is 0. The van der Waals surface area contributed by atoms with Crippen molar-refractivity contribution in [3.05, 3.63) is 21.9 Å². The highest BCUT2D eigenvalue weighted by molar-refractivity contribution is 7.10. The van der Waals surface area contributed by atoms with Crippen LogP contribution >= 0.6 is 11.3 Å². The van der Waals surface area contributed by atoms with E-state index in [0.29, 0.717) is 11.5 Å². The fourth-order valence-corrected chi connectivity index (χ4v) is 3.70. The van der Waals surface area contributed by atoms with E-state index in [1.165, 1.54) is 32.1 Å². The highest BCUT2D eigenvalue weighted by Gasteiger charge is 2.51. The summed E-state index contributed by atoms with van der Waals surface area (Å²) in [7, 11) is 0. The first-order valence-electron chi connectivity index (χ1n) is 6.06. The van der Waals surface area contributed by atoms with E-state index in [1.807, 2.05) is 18.4 Å². The molecular weight excluding hydrogens is 218 g/mol. The second-order valence-corrected chi connectivity index (χ2v) is 6.29. The maximum absolute atomic E-state index is 12.1. The maximum atomic E-state index is 12.1. The van der Waals surface area contributed by atoms with Crippen LogP contribution in [0.3, 0.4) is 0 Å². The van der Waals surface area contributed by atoms with Crippen LogP contribution in [-0.4, -0.2) is 11.9 Å². The van der Waals surface area contributed by atoms with Gasteiger partial charge in [0, 0.05) is 10.9 Å². The van der Waals surface area contributed by atoms with Crippen LogP contribution in [0.4, 0.5) is 0 Å². The first kappa shape index (κ1) is 10.3. The minimum atomic E-state index is 0.134. The molecule has 16 heavy (non-hydrogen) atoms. The summed E-state index contributed by atoms with van der Waals surface area (Å²) in [4.78, 5) is 13.2. The molecule has 86 valence electrons. The molecule has 1 atom stereocenters. The minimum Gasteiger partial charge on any atom is -0.349 e. The van der Waals surface area contributed by atoms with E-state index in [2.05, 4.69) is 5.32 Å². The van der Waals surface area contributed by atoms with Crippen molar-refractivity contribution in [2.45, 2.75) is 45.1 Å². The molecule has 1 aromatic heterocycles. The number of carbonyl (C=O) groups excluding carboxylic acids is 1. The van der Waals surface area contributed by atoms with Crippen molar-refractivity contribution in [1.82, 2.24) is 5.32 Å². The number of aryl methyl sites for hydroxylation is 1. The highest BCUT2D eigenvalue weighted by atomic mass is 32.1. The Bertz CT molecular complexity index is 414. The van der Waals surface area contributed by atoms with E-state index in [1.54, 1.807) is 11.3 Å². The second-order valence-electron chi connectivity index (χ2n) is 5.17. The summed E-state index contributed by atoms with van der Waals surface area (Å²) in [5.74, 6) is 0.134. The van der Waals surface area contributed by atoms with Crippen LogP contribution in [0, 0.1) is 12.3 Å². The molecule has 1 heterocycles. The molecule has 3 heteroatoms. The Balaban J connectivity index is 1.67. The molecule has 1 N–H and O–H groups in total. The third kappa shape index (κ3) is 1.41. The zero-order chi connectivity index (χ0) is 11.2. The summed E-state index contributed by atoms with van der Waals surface area (Å²) in [5.41, 5.74) is 1.37. The Kier molecular flexibility index (Phi) is 2.32. The van der Waals surface area contributed by atoms with Gasteiger partial charge in [0.2, 0.25) is 0 Å². The number of nitrogens with one attached hydrogen (secondary N) is 1. The van der Waals surface area contributed by atoms with Gasteiger partial charge in [-0.2, -0.15) is 0 Å². The summed E-state index contributed by atoms with van der Waals surface area (Å²) in [6, 6.07) is 2.38. The third-order valence-electron chi connectivity index (χ3n) is 4.43. The molecule has 0 aliphatic heterocycles. The van der Waals surface area contributed by atoms with E-state index in [-0.39, 0.29) is 5.91 Å². The van der Waals surface area contributed by atoms with Gasteiger partial charge in [0.25, 0.3) is 5.91 Å². The topological polar surface area (TPSA) is 29.1 Å². The SMILES string of the molecule is Cc1sccc1C(=O)NC1CCC12CCC2. The van der Waals surface area contributed by atoms with Crippen LogP contribution in [-0.2, 0) is 0 Å². The lowest BCUT2D eigenvalue weighted by atomic mass is 9.53. The average Bonchev–Trinajstić information content (AvgIpc) is 2.56. The monoisotopic (exact) mass is 235 g/mol. The van der Waals surface area contributed by atoms with E-state index in [4.69, 9.17) is 0 Å². The summed E-state index contributed by atoms with van der Waals surface area (Å²) in [6.07, 6.45) is 6.49. The predicted molar refractivity (Wildman–Crippen MR) is 65.8 cm³/mol. The Morgan fingerprint density at radius 2 is 2.31 bits per heavy atom. The molecule has 0 aromatic carbocycles. The van der Waals surface area contributed by atoms with Gasteiger partial charge in [-0.3, -0.25) is 4.79 Å². The van der Waals surface area contributed by atoms with Crippen molar-refractivity contribution in [2.24, 2.45) is 5.41 Å². The van der Waals surface area contributed by atoms with Crippen LogP contribution in [0.2, 0.25) is 0 Å². The molecular formula is C13H17NOS. The zero-order valence-electron chi connectivity index (χ0n) is 9.58. The van der Waals surface area contributed by atoms with Gasteiger partial charge in [0.15, 0.2) is 0 Å². The molecule has 3 rings (SSSR count). The molecule has 0 radical (unpaired) electrons. The normalized spacial score (nSPS) is 25.9. The van der Waals surface area contributed by atoms with Crippen molar-refractivity contribution in [3.8, 4) is 0 Å². The van der Waals surface area contributed by atoms with E-state index in [9.17, 15) is 4.79 Å². The largest absolute Gasteiger partial charge is 0.349 e. The Morgan fingerprint density at radius 3 is 2.75 bits per heavy atom. The Hall–Kier alpha value is -0.830. The van der Waals surface area contributed by atoms with Gasteiger partial charge >= 0.3 is 0 Å². The maximum Gasteiger partial charge on any atom is 0.252 e. The average molecular weight is 235 g/mol. The number of carbonyl (C=O) groups is 1. The predicted octanol–water partition coefficient (Wildman–Crippen LogP) is 3.12. The lowest BCUT2D eigenvalue weighted by Crippen LogP contribution is -2.58. The summed E-state index contributed by atoms with van der Waals surface area (Å²) in [6.45, 7) is 2.01. The van der Waals surface area contributed by atoms with Crippen molar-refractivity contribution in [3.63, 3.8) is 0 Å². The van der Waals surface area contributed by atoms with Crippen molar-refractivity contribution in [2.75, 3.05) is 0 Å². The second kappa shape index (κ2) is 3.59. The Morgan fingerprint density at radius 1 is 1.50 bits per heavy atom. The van der Waals surface area contributed by atoms with E-state index < -0.39 is 0 Å². The molecule has 2 aliphatic carbocycles. The number of thiophene rings is 1. The van der Waals surface area contributed by atoms with E-state index >= 15 is 0 Å². The molecule has 2 nitrogen and oxygen atoms in total. The van der Waals surface area contributed by atoms with Crippen molar-refractivity contribution >= 4 is 17.2 Å². The third-order valence-corrected chi connectivity index (χ3v) is 5.27. The Labute approximate surface area is 100 Å². The fourth-order valence-electron chi connectivity index (χ4n) is 3.01. The van der Waals surface area contributed by atoms with Gasteiger partial charge in [-0.25, -0.2) is 0 Å². The minimum absolute atomic E-state index is 0.134. The van der Waals surface area contributed by atoms with Gasteiger partial charge in [0.1, 0.15) is 0 Å². The quantitative estimate of drug-likeness (QED) is 0.838. The number of rotatable bonds is 2. The molecule has 1 unspecified atom stereocenters. The molecule has 0 bridgehead atoms. The van der Waals surface area contributed by atoms with Gasteiger partial charge in [-0.05, 0) is 49.5 Å². The molecule has 1 aromatic rings. The van der Waals surface area contributed by atoms with E-state index in [0.717, 1.165) is 10.4 Å². The summed E-state index contributed by atoms with van der Waals surface area (Å²) >= 11 is 1.64. The van der Waals surface area contributed by atoms with Gasteiger partial charge < -0.3 is 5.32 Å². The van der Waals surface area contributed by atoms with Crippen LogP contribution in [0.15, 0.2) is 11.4 Å². The smallest absolute Gasteiger partial charge is 0.252 e. The standard InChI is InChI=1S/C13H17NOS/c1-9-10(4-8-16-9)12(15)14-11-3-7-13(11)5-2-6-13/h4,8,11H,2-3,5-7H2,1H3,(H,14,15). The molecule has 2 saturated carbocycles. The number of hydrogen-bond acceptors (Lipinski definition) is 2. The van der Waals surface area contributed by atoms with Crippen LogP contribution in [0.1, 0.15) is 47.3 Å². The first-order valence-corrected chi connectivity index (χ1v) is 6.94. The summed E-state index contributed by atoms with van der Waals surface area (Å²) in [5, 5.41) is 5.21. The van der Waals surface area contributed by atoms with Gasteiger partial charge in [-0.15, -0.1) is 11.3 Å². The zero-order valence-corrected chi connectivity index (χ0v) is 10.4. The van der Waals surface area contributed by atoms with Crippen molar-refractivity contribution in [1.29, 1.82) is 0 Å². The van der Waals surface area contributed by atoms with Crippen LogP contribution in [0.25, 0.3) is 0 Å². The molecule has 1 spiro atoms. The van der Waals surface area contributed by atoms with Gasteiger partial charge in [0.05, 0.1) is 5.56 Å². The molecule has 2 fully saturated rings. The number of amides is 1. The highest BCUT2D eigenvalue weighted by Crippen LogP contribution is 2.55. The lowest BCUT2D eigenvalue weighted by Gasteiger charge is -2.56. The first-order chi connectivity index (χ1) is 7.71. The van der Waals surface area contributed by atoms with Gasteiger partial charge in [-0.1, -0.05) is 6.42 Å². The fraction of sp³-hybridized carbons (Fsp3) is 0.615. The molecule has 2 aliphatic rings. The van der Waals surface area contributed by atoms with Crippen molar-refractivity contribution < 1.29 is 4.79 Å². The lowest BCUT2D eigenvalue weighted by molar-refractivity contribution is -0.0147.